The number of rotatable bonds is 5. The highest BCUT2D eigenvalue weighted by atomic mass is 127. The Kier molecular flexibility index (Phi) is 9.03. The molecule has 9 heteroatoms. The number of hydrogen-bond acceptors (Lipinski definition) is 2. The van der Waals surface area contributed by atoms with E-state index in [1.165, 1.54) is 12.1 Å². The van der Waals surface area contributed by atoms with Crippen LogP contribution >= 0.6 is 24.0 Å². The van der Waals surface area contributed by atoms with Crippen molar-refractivity contribution in [1.29, 1.82) is 0 Å². The van der Waals surface area contributed by atoms with E-state index in [2.05, 4.69) is 15.6 Å². The summed E-state index contributed by atoms with van der Waals surface area (Å²) >= 11 is 0. The van der Waals surface area contributed by atoms with E-state index in [1.807, 2.05) is 17.9 Å². The number of guanidine groups is 1. The van der Waals surface area contributed by atoms with Gasteiger partial charge in [0.15, 0.2) is 5.96 Å². The average molecular weight is 552 g/mol. The Bertz CT molecular complexity index is 778. The molecule has 1 unspecified atom stereocenters. The first-order valence-electron chi connectivity index (χ1n) is 10.7. The minimum atomic E-state index is -4.34. The van der Waals surface area contributed by atoms with Crippen LogP contribution in [0.2, 0.25) is 0 Å². The van der Waals surface area contributed by atoms with E-state index in [1.54, 1.807) is 7.05 Å². The van der Waals surface area contributed by atoms with Crippen molar-refractivity contribution in [1.82, 2.24) is 15.5 Å². The molecule has 31 heavy (non-hydrogen) atoms. The number of aliphatic imine (C=N–C) groups is 1. The third-order valence-corrected chi connectivity index (χ3v) is 6.37. The van der Waals surface area contributed by atoms with Crippen LogP contribution in [0.5, 0.6) is 0 Å². The zero-order valence-corrected chi connectivity index (χ0v) is 20.4. The Balaban J connectivity index is 0.00000341. The summed E-state index contributed by atoms with van der Waals surface area (Å²) in [5.41, 5.74) is -0.197. The monoisotopic (exact) mass is 552 g/mol. The number of likely N-dealkylation sites (tertiary alicyclic amines) is 1. The molecule has 0 bridgehead atoms. The third-order valence-electron chi connectivity index (χ3n) is 6.37. The van der Waals surface area contributed by atoms with Crippen molar-refractivity contribution in [3.05, 3.63) is 35.4 Å². The van der Waals surface area contributed by atoms with Crippen molar-refractivity contribution >= 4 is 35.8 Å². The van der Waals surface area contributed by atoms with Gasteiger partial charge in [-0.25, -0.2) is 0 Å². The molecule has 1 saturated carbocycles. The first-order valence-corrected chi connectivity index (χ1v) is 10.7. The first-order chi connectivity index (χ1) is 14.3. The molecule has 2 aliphatic rings. The van der Waals surface area contributed by atoms with Gasteiger partial charge in [0.1, 0.15) is 0 Å². The second-order valence-corrected chi connectivity index (χ2v) is 8.32. The standard InChI is InChI=1S/C22H31F3N4O.HI/c1-3-19(30)29-12-9-18(14-29)28-20(26-2)27-15-21(10-4-5-11-21)16-7-6-8-17(13-16)22(23,24)25;/h6-8,13,18H,3-5,9-12,14-15H2,1-2H3,(H2,26,27,28);1H. The molecule has 0 spiro atoms. The normalized spacial score (nSPS) is 21.0. The van der Waals surface area contributed by atoms with Crippen LogP contribution in [-0.2, 0) is 16.4 Å². The number of carbonyl (C=O) groups is 1. The number of hydrogen-bond donors (Lipinski definition) is 2. The second-order valence-electron chi connectivity index (χ2n) is 8.32. The van der Waals surface area contributed by atoms with Gasteiger partial charge in [0.2, 0.25) is 5.91 Å². The maximum Gasteiger partial charge on any atom is 0.416 e. The van der Waals surface area contributed by atoms with Crippen LogP contribution in [0.25, 0.3) is 0 Å². The highest BCUT2D eigenvalue weighted by molar-refractivity contribution is 14.0. The molecule has 1 aliphatic heterocycles. The molecule has 1 heterocycles. The summed E-state index contributed by atoms with van der Waals surface area (Å²) in [6.07, 6.45) is 0.706. The van der Waals surface area contributed by atoms with Gasteiger partial charge in [0.25, 0.3) is 0 Å². The number of halogens is 4. The van der Waals surface area contributed by atoms with E-state index in [0.717, 1.165) is 50.3 Å². The Labute approximate surface area is 199 Å². The third kappa shape index (κ3) is 6.26. The Morgan fingerprint density at radius 1 is 1.29 bits per heavy atom. The van der Waals surface area contributed by atoms with Crippen LogP contribution in [0.3, 0.4) is 0 Å². The summed E-state index contributed by atoms with van der Waals surface area (Å²) in [7, 11) is 1.69. The van der Waals surface area contributed by atoms with Crippen LogP contribution in [-0.4, -0.2) is 49.5 Å². The van der Waals surface area contributed by atoms with E-state index in [4.69, 9.17) is 0 Å². The van der Waals surface area contributed by atoms with Crippen molar-refractivity contribution in [3.8, 4) is 0 Å². The molecule has 3 rings (SSSR count). The van der Waals surface area contributed by atoms with Gasteiger partial charge in [-0.15, -0.1) is 24.0 Å². The molecule has 1 atom stereocenters. The van der Waals surface area contributed by atoms with Crippen LogP contribution in [0, 0.1) is 0 Å². The maximum atomic E-state index is 13.2. The van der Waals surface area contributed by atoms with Gasteiger partial charge in [0, 0.05) is 44.6 Å². The highest BCUT2D eigenvalue weighted by Crippen LogP contribution is 2.42. The fraction of sp³-hybridized carbons (Fsp3) is 0.636. The molecule has 1 aliphatic carbocycles. The summed E-state index contributed by atoms with van der Waals surface area (Å²) in [6.45, 7) is 3.76. The smallest absolute Gasteiger partial charge is 0.356 e. The number of nitrogens with zero attached hydrogens (tertiary/aromatic N) is 2. The molecule has 2 fully saturated rings. The SMILES string of the molecule is CCC(=O)N1CCC(NC(=NC)NCC2(c3cccc(C(F)(F)F)c3)CCCC2)C1.I. The summed E-state index contributed by atoms with van der Waals surface area (Å²) in [5, 5.41) is 6.72. The van der Waals surface area contributed by atoms with Gasteiger partial charge in [-0.1, -0.05) is 38.0 Å². The van der Waals surface area contributed by atoms with Crippen molar-refractivity contribution < 1.29 is 18.0 Å². The Morgan fingerprint density at radius 3 is 2.61 bits per heavy atom. The van der Waals surface area contributed by atoms with E-state index >= 15 is 0 Å². The van der Waals surface area contributed by atoms with E-state index in [9.17, 15) is 18.0 Å². The van der Waals surface area contributed by atoms with Crippen LogP contribution in [0.4, 0.5) is 13.2 Å². The zero-order valence-electron chi connectivity index (χ0n) is 18.1. The second kappa shape index (κ2) is 10.9. The number of carbonyl (C=O) groups excluding carboxylic acids is 1. The number of alkyl halides is 3. The molecule has 1 aromatic carbocycles. The molecule has 1 amide bonds. The number of nitrogens with one attached hydrogen (secondary N) is 2. The predicted molar refractivity (Wildman–Crippen MR) is 127 cm³/mol. The molecular weight excluding hydrogens is 520 g/mol. The molecular formula is C22H32F3IN4O. The maximum absolute atomic E-state index is 13.2. The lowest BCUT2D eigenvalue weighted by molar-refractivity contribution is -0.137. The molecule has 0 aromatic heterocycles. The van der Waals surface area contributed by atoms with Crippen molar-refractivity contribution in [2.24, 2.45) is 4.99 Å². The Hall–Kier alpha value is -1.52. The lowest BCUT2D eigenvalue weighted by atomic mass is 9.78. The first kappa shape index (κ1) is 25.7. The summed E-state index contributed by atoms with van der Waals surface area (Å²) in [6, 6.07) is 5.87. The fourth-order valence-electron chi connectivity index (χ4n) is 4.61. The quantitative estimate of drug-likeness (QED) is 0.325. The molecule has 0 radical (unpaired) electrons. The lowest BCUT2D eigenvalue weighted by Crippen LogP contribution is -2.48. The van der Waals surface area contributed by atoms with Gasteiger partial charge in [-0.05, 0) is 30.9 Å². The van der Waals surface area contributed by atoms with E-state index < -0.39 is 11.7 Å². The van der Waals surface area contributed by atoms with Crippen LogP contribution in [0.1, 0.15) is 56.6 Å². The topological polar surface area (TPSA) is 56.7 Å². The van der Waals surface area contributed by atoms with E-state index in [0.29, 0.717) is 25.5 Å². The van der Waals surface area contributed by atoms with Gasteiger partial charge in [-0.3, -0.25) is 9.79 Å². The van der Waals surface area contributed by atoms with Crippen molar-refractivity contribution in [2.75, 3.05) is 26.7 Å². The number of benzene rings is 1. The molecule has 174 valence electrons. The average Bonchev–Trinajstić information content (AvgIpc) is 3.40. The molecule has 1 saturated heterocycles. The fourth-order valence-corrected chi connectivity index (χ4v) is 4.61. The van der Waals surface area contributed by atoms with Crippen LogP contribution < -0.4 is 10.6 Å². The predicted octanol–water partition coefficient (Wildman–Crippen LogP) is 4.31. The van der Waals surface area contributed by atoms with Crippen molar-refractivity contribution in [3.63, 3.8) is 0 Å². The van der Waals surface area contributed by atoms with Crippen LogP contribution in [0.15, 0.2) is 29.3 Å². The minimum Gasteiger partial charge on any atom is -0.356 e. The van der Waals surface area contributed by atoms with Gasteiger partial charge in [-0.2, -0.15) is 13.2 Å². The largest absolute Gasteiger partial charge is 0.416 e. The molecule has 2 N–H and O–H groups in total. The van der Waals surface area contributed by atoms with Gasteiger partial charge >= 0.3 is 6.18 Å². The van der Waals surface area contributed by atoms with Gasteiger partial charge < -0.3 is 15.5 Å². The zero-order chi connectivity index (χ0) is 21.8. The molecule has 5 nitrogen and oxygen atoms in total. The van der Waals surface area contributed by atoms with Gasteiger partial charge in [0.05, 0.1) is 5.56 Å². The summed E-state index contributed by atoms with van der Waals surface area (Å²) in [5.74, 6) is 0.778. The highest BCUT2D eigenvalue weighted by Gasteiger charge is 2.38. The Morgan fingerprint density at radius 2 is 2.00 bits per heavy atom. The van der Waals surface area contributed by atoms with Crippen molar-refractivity contribution in [2.45, 2.75) is 63.1 Å². The summed E-state index contributed by atoms with van der Waals surface area (Å²) in [4.78, 5) is 18.0. The lowest BCUT2D eigenvalue weighted by Gasteiger charge is -2.32. The summed E-state index contributed by atoms with van der Waals surface area (Å²) < 4.78 is 39.7. The minimum absolute atomic E-state index is 0. The van der Waals surface area contributed by atoms with E-state index in [-0.39, 0.29) is 41.3 Å². The number of amides is 1. The molecule has 1 aromatic rings.